The fourth-order valence-electron chi connectivity index (χ4n) is 3.98. The van der Waals surface area contributed by atoms with Crippen LogP contribution < -0.4 is 21.1 Å². The number of carbonyl (C=O) groups excluding carboxylic acids is 1. The highest BCUT2D eigenvalue weighted by molar-refractivity contribution is 5.75. The minimum Gasteiger partial charge on any atom is -0.352 e. The van der Waals surface area contributed by atoms with Crippen LogP contribution in [-0.4, -0.2) is 45.2 Å². The number of hydrogen-bond donors (Lipinski definition) is 2. The van der Waals surface area contributed by atoms with Gasteiger partial charge in [0.15, 0.2) is 11.5 Å². The predicted molar refractivity (Wildman–Crippen MR) is 126 cm³/mol. The van der Waals surface area contributed by atoms with Gasteiger partial charge in [0, 0.05) is 30.9 Å². The summed E-state index contributed by atoms with van der Waals surface area (Å²) in [4.78, 5) is 36.7. The lowest BCUT2D eigenvalue weighted by Gasteiger charge is -2.33. The first-order valence-electron chi connectivity index (χ1n) is 11.0. The van der Waals surface area contributed by atoms with Crippen LogP contribution in [0.25, 0.3) is 11.2 Å². The second kappa shape index (κ2) is 8.98. The Morgan fingerprint density at radius 3 is 2.50 bits per heavy atom. The van der Waals surface area contributed by atoms with Gasteiger partial charge in [-0.1, -0.05) is 30.3 Å². The number of fused-ring (bicyclic) bond motifs is 1. The molecule has 168 valence electrons. The van der Waals surface area contributed by atoms with Crippen LogP contribution in [0.15, 0.2) is 53.5 Å². The van der Waals surface area contributed by atoms with Crippen LogP contribution in [0.4, 0.5) is 10.6 Å². The third-order valence-electron chi connectivity index (χ3n) is 5.49. The third-order valence-corrected chi connectivity index (χ3v) is 5.49. The molecule has 0 saturated carbocycles. The number of nitrogens with one attached hydrogen (secondary N) is 2. The fraction of sp³-hybridized carbons (Fsp3) is 0.417. The van der Waals surface area contributed by atoms with E-state index in [9.17, 15) is 9.59 Å². The number of nitrogens with zero attached hydrogens (tertiary/aromatic N) is 4. The van der Waals surface area contributed by atoms with Crippen LogP contribution in [0.1, 0.15) is 39.2 Å². The van der Waals surface area contributed by atoms with Gasteiger partial charge in [-0.05, 0) is 51.3 Å². The number of rotatable bonds is 4. The van der Waals surface area contributed by atoms with Gasteiger partial charge in [-0.15, -0.1) is 0 Å². The number of pyridine rings is 1. The van der Waals surface area contributed by atoms with E-state index >= 15 is 0 Å². The van der Waals surface area contributed by atoms with E-state index in [2.05, 4.69) is 20.6 Å². The summed E-state index contributed by atoms with van der Waals surface area (Å²) in [6.45, 7) is 7.61. The van der Waals surface area contributed by atoms with Crippen LogP contribution in [-0.2, 0) is 6.54 Å². The Labute approximate surface area is 187 Å². The summed E-state index contributed by atoms with van der Waals surface area (Å²) in [5.74, 6) is 0.444. The van der Waals surface area contributed by atoms with Crippen molar-refractivity contribution in [3.8, 4) is 0 Å². The molecule has 8 heteroatoms. The zero-order valence-corrected chi connectivity index (χ0v) is 18.8. The topological polar surface area (TPSA) is 92.2 Å². The lowest BCUT2D eigenvalue weighted by Crippen LogP contribution is -2.52. The number of carbonyl (C=O) groups is 1. The van der Waals surface area contributed by atoms with Gasteiger partial charge in [0.1, 0.15) is 5.52 Å². The number of benzene rings is 1. The Morgan fingerprint density at radius 2 is 1.81 bits per heavy atom. The largest absolute Gasteiger partial charge is 0.352 e. The van der Waals surface area contributed by atoms with Gasteiger partial charge in [-0.2, -0.15) is 0 Å². The molecule has 0 radical (unpaired) electrons. The molecule has 4 rings (SSSR count). The lowest BCUT2D eigenvalue weighted by atomic mass is 10.1. The number of piperidine rings is 1. The van der Waals surface area contributed by atoms with E-state index in [1.54, 1.807) is 10.8 Å². The van der Waals surface area contributed by atoms with Gasteiger partial charge in [0.2, 0.25) is 0 Å². The van der Waals surface area contributed by atoms with Gasteiger partial charge in [0.05, 0.1) is 6.54 Å². The summed E-state index contributed by atoms with van der Waals surface area (Å²) < 4.78 is 1.70. The first-order chi connectivity index (χ1) is 15.3. The minimum atomic E-state index is -0.280. The molecule has 1 saturated heterocycles. The summed E-state index contributed by atoms with van der Waals surface area (Å²) in [5, 5.41) is 5.98. The van der Waals surface area contributed by atoms with Crippen molar-refractivity contribution >= 4 is 23.0 Å². The molecule has 1 aliphatic heterocycles. The lowest BCUT2D eigenvalue weighted by molar-refractivity contribution is 0.225. The molecule has 2 amide bonds. The zero-order chi connectivity index (χ0) is 22.7. The quantitative estimate of drug-likeness (QED) is 0.659. The standard InChI is InChI=1S/C24H30N6O2/c1-24(2,3)28-23(32)26-18-11-14-29(15-12-18)21-22(31)30(16-17-8-5-4-6-9-17)20-19(27-21)10-7-13-25-20/h4-10,13,18H,11-12,14-16H2,1-3H3,(H2,26,28,32). The maximum absolute atomic E-state index is 13.4. The molecule has 0 atom stereocenters. The predicted octanol–water partition coefficient (Wildman–Crippen LogP) is 2.91. The van der Waals surface area contributed by atoms with Crippen molar-refractivity contribution in [2.75, 3.05) is 18.0 Å². The van der Waals surface area contributed by atoms with Crippen LogP contribution in [0.3, 0.4) is 0 Å². The van der Waals surface area contributed by atoms with Crippen molar-refractivity contribution in [3.63, 3.8) is 0 Å². The van der Waals surface area contributed by atoms with Crippen LogP contribution in [0, 0.1) is 0 Å². The molecule has 3 heterocycles. The van der Waals surface area contributed by atoms with Crippen molar-refractivity contribution in [1.29, 1.82) is 0 Å². The molecule has 1 fully saturated rings. The van der Waals surface area contributed by atoms with Crippen LogP contribution >= 0.6 is 0 Å². The van der Waals surface area contributed by atoms with E-state index in [0.29, 0.717) is 36.6 Å². The zero-order valence-electron chi connectivity index (χ0n) is 18.8. The number of hydrogen-bond acceptors (Lipinski definition) is 5. The second-order valence-corrected chi connectivity index (χ2v) is 9.27. The van der Waals surface area contributed by atoms with Crippen molar-refractivity contribution in [1.82, 2.24) is 25.2 Å². The first-order valence-corrected chi connectivity index (χ1v) is 11.0. The molecule has 8 nitrogen and oxygen atoms in total. The normalized spacial score (nSPS) is 15.0. The van der Waals surface area contributed by atoms with Crippen molar-refractivity contribution < 1.29 is 4.79 Å². The SMILES string of the molecule is CC(C)(C)NC(=O)NC1CCN(c2nc3cccnc3n(Cc3ccccc3)c2=O)CC1. The Morgan fingerprint density at radius 1 is 1.09 bits per heavy atom. The Hall–Kier alpha value is -3.42. The van der Waals surface area contributed by atoms with Gasteiger partial charge in [-0.3, -0.25) is 9.36 Å². The van der Waals surface area contributed by atoms with Gasteiger partial charge in [0.25, 0.3) is 5.56 Å². The van der Waals surface area contributed by atoms with E-state index in [1.165, 1.54) is 0 Å². The third kappa shape index (κ3) is 5.07. The number of anilines is 1. The number of aromatic nitrogens is 3. The Bertz CT molecular complexity index is 1140. The molecule has 3 aromatic rings. The van der Waals surface area contributed by atoms with E-state index < -0.39 is 0 Å². The smallest absolute Gasteiger partial charge is 0.315 e. The molecule has 0 unspecified atom stereocenters. The highest BCUT2D eigenvalue weighted by atomic mass is 16.2. The summed E-state index contributed by atoms with van der Waals surface area (Å²) in [7, 11) is 0. The summed E-state index contributed by atoms with van der Waals surface area (Å²) in [5.41, 5.74) is 1.89. The maximum Gasteiger partial charge on any atom is 0.315 e. The summed E-state index contributed by atoms with van der Waals surface area (Å²) >= 11 is 0. The average molecular weight is 435 g/mol. The first kappa shape index (κ1) is 21.8. The summed E-state index contributed by atoms with van der Waals surface area (Å²) in [6.07, 6.45) is 3.19. The van der Waals surface area contributed by atoms with Gasteiger partial charge in [-0.25, -0.2) is 14.8 Å². The van der Waals surface area contributed by atoms with E-state index in [1.807, 2.05) is 68.1 Å². The Kier molecular flexibility index (Phi) is 6.12. The molecule has 0 aliphatic carbocycles. The average Bonchev–Trinajstić information content (AvgIpc) is 2.75. The number of urea groups is 1. The molecule has 0 spiro atoms. The number of amides is 2. The molecule has 1 aliphatic rings. The second-order valence-electron chi connectivity index (χ2n) is 9.27. The van der Waals surface area contributed by atoms with Crippen LogP contribution in [0.2, 0.25) is 0 Å². The molecular formula is C24H30N6O2. The highest BCUT2D eigenvalue weighted by Crippen LogP contribution is 2.18. The molecule has 2 aromatic heterocycles. The summed E-state index contributed by atoms with van der Waals surface area (Å²) in [6, 6.07) is 13.5. The van der Waals surface area contributed by atoms with Crippen molar-refractivity contribution in [2.45, 2.75) is 51.7 Å². The van der Waals surface area contributed by atoms with E-state index in [-0.39, 0.29) is 23.2 Å². The van der Waals surface area contributed by atoms with Crippen molar-refractivity contribution in [3.05, 3.63) is 64.6 Å². The van der Waals surface area contributed by atoms with Gasteiger partial charge >= 0.3 is 6.03 Å². The fourth-order valence-corrected chi connectivity index (χ4v) is 3.98. The molecule has 1 aromatic carbocycles. The molecule has 0 bridgehead atoms. The van der Waals surface area contributed by atoms with Gasteiger partial charge < -0.3 is 15.5 Å². The highest BCUT2D eigenvalue weighted by Gasteiger charge is 2.25. The van der Waals surface area contributed by atoms with E-state index in [0.717, 1.165) is 18.4 Å². The molecular weight excluding hydrogens is 404 g/mol. The monoisotopic (exact) mass is 434 g/mol. The van der Waals surface area contributed by atoms with Crippen LogP contribution in [0.5, 0.6) is 0 Å². The van der Waals surface area contributed by atoms with E-state index in [4.69, 9.17) is 0 Å². The Balaban J connectivity index is 1.54. The minimum absolute atomic E-state index is 0.0715. The molecule has 32 heavy (non-hydrogen) atoms. The van der Waals surface area contributed by atoms with Crippen molar-refractivity contribution in [2.24, 2.45) is 0 Å². The molecule has 2 N–H and O–H groups in total. The maximum atomic E-state index is 13.4.